The lowest BCUT2D eigenvalue weighted by atomic mass is 9.99. The lowest BCUT2D eigenvalue weighted by Crippen LogP contribution is -2.54. The van der Waals surface area contributed by atoms with E-state index < -0.39 is 0 Å². The zero-order valence-electron chi connectivity index (χ0n) is 19.6. The van der Waals surface area contributed by atoms with Crippen LogP contribution in [0, 0.1) is 5.92 Å². The fourth-order valence-corrected chi connectivity index (χ4v) is 5.28. The molecule has 32 heavy (non-hydrogen) atoms. The van der Waals surface area contributed by atoms with E-state index in [2.05, 4.69) is 35.6 Å². The van der Waals surface area contributed by atoms with Gasteiger partial charge in [-0.25, -0.2) is 9.97 Å². The molecule has 178 valence electrons. The second kappa shape index (κ2) is 12.1. The lowest BCUT2D eigenvalue weighted by Gasteiger charge is -2.40. The largest absolute Gasteiger partial charge is 0.353 e. The Morgan fingerprint density at radius 1 is 1.09 bits per heavy atom. The molecular weight excluding hydrogens is 446 g/mol. The Balaban J connectivity index is 1.55. The third-order valence-corrected chi connectivity index (χ3v) is 7.41. The van der Waals surface area contributed by atoms with Crippen molar-refractivity contribution >= 4 is 41.0 Å². The number of hydrogen-bond acceptors (Lipinski definition) is 6. The monoisotopic (exact) mass is 481 g/mol. The molecule has 1 aromatic rings. The summed E-state index contributed by atoms with van der Waals surface area (Å²) in [4.78, 5) is 40.2. The standard InChI is InChI=1S/C23H36ClN5O2S/c1-4-5-6-7-21(30)29-13-12-28(15-18(29)3)20-14-19(24)25-23(26-20)32-16-22(31)27-10-8-17(2)9-11-27/h14,17-18H,4-13,15-16H2,1-3H3/t18-/m0/s1. The maximum Gasteiger partial charge on any atom is 0.233 e. The first-order valence-electron chi connectivity index (χ1n) is 11.9. The first-order valence-corrected chi connectivity index (χ1v) is 13.2. The fraction of sp³-hybridized carbons (Fsp3) is 0.739. The van der Waals surface area contributed by atoms with Gasteiger partial charge in [0, 0.05) is 51.3 Å². The SMILES string of the molecule is CCCCCC(=O)N1CCN(c2cc(Cl)nc(SCC(=O)N3CCC(C)CC3)n2)C[C@@H]1C. The van der Waals surface area contributed by atoms with Crippen molar-refractivity contribution in [3.63, 3.8) is 0 Å². The molecule has 0 aliphatic carbocycles. The van der Waals surface area contributed by atoms with Crippen molar-refractivity contribution in [1.29, 1.82) is 0 Å². The number of carbonyl (C=O) groups excluding carboxylic acids is 2. The number of unbranched alkanes of at least 4 members (excludes halogenated alkanes) is 2. The molecule has 3 rings (SSSR count). The number of likely N-dealkylation sites (tertiary alicyclic amines) is 1. The Labute approximate surface area is 201 Å². The summed E-state index contributed by atoms with van der Waals surface area (Å²) in [5, 5.41) is 0.902. The Morgan fingerprint density at radius 2 is 1.84 bits per heavy atom. The van der Waals surface area contributed by atoms with Gasteiger partial charge in [0.05, 0.1) is 5.75 Å². The lowest BCUT2D eigenvalue weighted by molar-refractivity contribution is -0.133. The molecule has 2 aliphatic heterocycles. The summed E-state index contributed by atoms with van der Waals surface area (Å²) < 4.78 is 0. The molecule has 0 bridgehead atoms. The quantitative estimate of drug-likeness (QED) is 0.241. The summed E-state index contributed by atoms with van der Waals surface area (Å²) in [6.45, 7) is 10.2. The van der Waals surface area contributed by atoms with Crippen molar-refractivity contribution in [2.45, 2.75) is 70.5 Å². The number of rotatable bonds is 8. The Kier molecular flexibility index (Phi) is 9.46. The minimum absolute atomic E-state index is 0.116. The van der Waals surface area contributed by atoms with E-state index in [-0.39, 0.29) is 17.9 Å². The van der Waals surface area contributed by atoms with E-state index in [0.29, 0.717) is 48.0 Å². The summed E-state index contributed by atoms with van der Waals surface area (Å²) in [6.07, 6.45) is 5.94. The van der Waals surface area contributed by atoms with Crippen LogP contribution in [0.2, 0.25) is 5.15 Å². The number of halogens is 1. The molecule has 2 fully saturated rings. The van der Waals surface area contributed by atoms with E-state index in [4.69, 9.17) is 11.6 Å². The number of piperazine rings is 1. The Bertz CT molecular complexity index is 788. The van der Waals surface area contributed by atoms with Crippen LogP contribution in [0.1, 0.15) is 59.3 Å². The second-order valence-corrected chi connectivity index (χ2v) is 10.4. The molecule has 1 atom stereocenters. The fourth-order valence-electron chi connectivity index (χ4n) is 4.29. The predicted molar refractivity (Wildman–Crippen MR) is 130 cm³/mol. The number of hydrogen-bond donors (Lipinski definition) is 0. The van der Waals surface area contributed by atoms with Crippen molar-refractivity contribution in [3.05, 3.63) is 11.2 Å². The molecule has 0 saturated carbocycles. The van der Waals surface area contributed by atoms with Crippen LogP contribution in [0.15, 0.2) is 11.2 Å². The average molecular weight is 482 g/mol. The summed E-state index contributed by atoms with van der Waals surface area (Å²) in [5.41, 5.74) is 0. The van der Waals surface area contributed by atoms with Crippen molar-refractivity contribution in [3.8, 4) is 0 Å². The molecule has 1 aromatic heterocycles. The molecule has 2 aliphatic rings. The van der Waals surface area contributed by atoms with Gasteiger partial charge in [-0.1, -0.05) is 50.1 Å². The molecule has 7 nitrogen and oxygen atoms in total. The zero-order valence-corrected chi connectivity index (χ0v) is 21.1. The molecule has 0 radical (unpaired) electrons. The Hall–Kier alpha value is -1.54. The van der Waals surface area contributed by atoms with Crippen LogP contribution in [0.3, 0.4) is 0 Å². The minimum Gasteiger partial charge on any atom is -0.353 e. The van der Waals surface area contributed by atoms with Crippen molar-refractivity contribution < 1.29 is 9.59 Å². The summed E-state index contributed by atoms with van der Waals surface area (Å²) >= 11 is 7.63. The number of anilines is 1. The number of carbonyl (C=O) groups is 2. The maximum atomic E-state index is 12.6. The average Bonchev–Trinajstić information content (AvgIpc) is 2.77. The van der Waals surface area contributed by atoms with Crippen LogP contribution in [0.5, 0.6) is 0 Å². The number of thioether (sulfide) groups is 1. The van der Waals surface area contributed by atoms with Crippen LogP contribution < -0.4 is 4.90 Å². The molecule has 0 N–H and O–H groups in total. The Morgan fingerprint density at radius 3 is 2.53 bits per heavy atom. The van der Waals surface area contributed by atoms with Crippen molar-refractivity contribution in [2.24, 2.45) is 5.92 Å². The first kappa shape index (κ1) is 25.1. The van der Waals surface area contributed by atoms with Crippen LogP contribution in [-0.4, -0.2) is 76.1 Å². The zero-order chi connectivity index (χ0) is 23.1. The molecule has 0 unspecified atom stereocenters. The number of nitrogens with zero attached hydrogens (tertiary/aromatic N) is 5. The smallest absolute Gasteiger partial charge is 0.233 e. The van der Waals surface area contributed by atoms with E-state index in [1.807, 2.05) is 9.80 Å². The molecule has 9 heteroatoms. The second-order valence-electron chi connectivity index (χ2n) is 9.02. The third kappa shape index (κ3) is 6.98. The van der Waals surface area contributed by atoms with E-state index in [1.54, 1.807) is 6.07 Å². The van der Waals surface area contributed by atoms with Gasteiger partial charge in [0.2, 0.25) is 11.8 Å². The predicted octanol–water partition coefficient (Wildman–Crippen LogP) is 4.10. The highest BCUT2D eigenvalue weighted by Crippen LogP contribution is 2.25. The third-order valence-electron chi connectivity index (χ3n) is 6.39. The van der Waals surface area contributed by atoms with Gasteiger partial charge in [0.15, 0.2) is 5.16 Å². The van der Waals surface area contributed by atoms with Gasteiger partial charge in [-0.05, 0) is 32.1 Å². The van der Waals surface area contributed by atoms with Gasteiger partial charge in [0.25, 0.3) is 0 Å². The van der Waals surface area contributed by atoms with Crippen LogP contribution >= 0.6 is 23.4 Å². The van der Waals surface area contributed by atoms with Crippen LogP contribution in [-0.2, 0) is 9.59 Å². The van der Waals surface area contributed by atoms with Gasteiger partial charge in [-0.3, -0.25) is 9.59 Å². The highest BCUT2D eigenvalue weighted by atomic mass is 35.5. The summed E-state index contributed by atoms with van der Waals surface area (Å²) in [6, 6.07) is 1.89. The maximum absolute atomic E-state index is 12.6. The number of amides is 2. The molecule has 3 heterocycles. The highest BCUT2D eigenvalue weighted by Gasteiger charge is 2.28. The molecule has 0 aromatic carbocycles. The van der Waals surface area contributed by atoms with Crippen LogP contribution in [0.25, 0.3) is 0 Å². The topological polar surface area (TPSA) is 69.6 Å². The summed E-state index contributed by atoms with van der Waals surface area (Å²) in [7, 11) is 0. The van der Waals surface area contributed by atoms with E-state index in [0.717, 1.165) is 51.0 Å². The minimum atomic E-state index is 0.116. The van der Waals surface area contributed by atoms with E-state index in [1.165, 1.54) is 11.8 Å². The number of piperidine rings is 1. The molecule has 0 spiro atoms. The highest BCUT2D eigenvalue weighted by molar-refractivity contribution is 7.99. The van der Waals surface area contributed by atoms with Gasteiger partial charge in [-0.2, -0.15) is 0 Å². The van der Waals surface area contributed by atoms with Crippen molar-refractivity contribution in [1.82, 2.24) is 19.8 Å². The van der Waals surface area contributed by atoms with Crippen LogP contribution in [0.4, 0.5) is 5.82 Å². The molecular formula is C23H36ClN5O2S. The van der Waals surface area contributed by atoms with Gasteiger partial charge < -0.3 is 14.7 Å². The normalized spacial score (nSPS) is 20.0. The van der Waals surface area contributed by atoms with E-state index >= 15 is 0 Å². The molecule has 2 saturated heterocycles. The first-order chi connectivity index (χ1) is 15.4. The van der Waals surface area contributed by atoms with Crippen molar-refractivity contribution in [2.75, 3.05) is 43.4 Å². The van der Waals surface area contributed by atoms with Gasteiger partial charge in [0.1, 0.15) is 11.0 Å². The van der Waals surface area contributed by atoms with Gasteiger partial charge >= 0.3 is 0 Å². The summed E-state index contributed by atoms with van der Waals surface area (Å²) in [5.74, 6) is 2.16. The molecule has 2 amide bonds. The number of aromatic nitrogens is 2. The van der Waals surface area contributed by atoms with Gasteiger partial charge in [-0.15, -0.1) is 0 Å². The van der Waals surface area contributed by atoms with E-state index in [9.17, 15) is 9.59 Å².